The number of benzene rings is 8. The third-order valence-corrected chi connectivity index (χ3v) is 10.2. The number of rotatable bonds is 5. The zero-order valence-corrected chi connectivity index (χ0v) is 29.1. The van der Waals surface area contributed by atoms with Crippen molar-refractivity contribution in [2.24, 2.45) is 0 Å². The molecule has 51 heavy (non-hydrogen) atoms. The van der Waals surface area contributed by atoms with Gasteiger partial charge in [0.2, 0.25) is 0 Å². The smallest absolute Gasteiger partial charge is 0.137 e. The van der Waals surface area contributed by atoms with Gasteiger partial charge in [-0.2, -0.15) is 0 Å². The van der Waals surface area contributed by atoms with Crippen LogP contribution in [0.3, 0.4) is 0 Å². The first-order valence-electron chi connectivity index (χ1n) is 17.7. The summed E-state index contributed by atoms with van der Waals surface area (Å²) < 4.78 is 0. The van der Waals surface area contributed by atoms with E-state index in [0.29, 0.717) is 0 Å². The van der Waals surface area contributed by atoms with Crippen LogP contribution in [0.4, 0.5) is 17.2 Å². The molecular weight excluding hydrogens is 617 g/mol. The molecule has 9 aromatic rings. The van der Waals surface area contributed by atoms with Crippen molar-refractivity contribution in [3.05, 3.63) is 182 Å². The summed E-state index contributed by atoms with van der Waals surface area (Å²) >= 11 is 0. The summed E-state index contributed by atoms with van der Waals surface area (Å²) in [4.78, 5) is 7.20. The first-order chi connectivity index (χ1) is 25.0. The molecule has 0 saturated heterocycles. The molecule has 0 saturated carbocycles. The minimum Gasteiger partial charge on any atom is -0.295 e. The van der Waals surface area contributed by atoms with Gasteiger partial charge in [0, 0.05) is 17.6 Å². The first-order valence-corrected chi connectivity index (χ1v) is 17.7. The number of nitrogens with zero attached hydrogens (tertiary/aromatic N) is 2. The molecule has 0 aliphatic carbocycles. The Bertz CT molecular complexity index is 2650. The summed E-state index contributed by atoms with van der Waals surface area (Å²) in [5.74, 6) is 0.893. The minimum absolute atomic E-state index is 0.0350. The number of hydrogen-bond acceptors (Lipinski definition) is 2. The second kappa shape index (κ2) is 12.3. The fourth-order valence-corrected chi connectivity index (χ4v) is 7.72. The second-order valence-corrected chi connectivity index (χ2v) is 14.4. The van der Waals surface area contributed by atoms with Gasteiger partial charge in [0.1, 0.15) is 5.82 Å². The molecule has 0 bridgehead atoms. The number of anilines is 3. The number of hydrogen-bond donors (Lipinski definition) is 0. The van der Waals surface area contributed by atoms with Crippen molar-refractivity contribution in [2.45, 2.75) is 26.2 Å². The van der Waals surface area contributed by atoms with Crippen LogP contribution in [0.5, 0.6) is 0 Å². The maximum Gasteiger partial charge on any atom is 0.137 e. The molecule has 0 N–H and O–H groups in total. The Morgan fingerprint density at radius 1 is 0.431 bits per heavy atom. The molecular formula is C49H38N2. The quantitative estimate of drug-likeness (QED) is 0.136. The van der Waals surface area contributed by atoms with E-state index in [1.165, 1.54) is 70.9 Å². The van der Waals surface area contributed by atoms with E-state index in [9.17, 15) is 0 Å². The molecule has 0 radical (unpaired) electrons. The van der Waals surface area contributed by atoms with Crippen LogP contribution in [-0.2, 0) is 5.41 Å². The molecule has 0 unspecified atom stereocenters. The fraction of sp³-hybridized carbons (Fsp3) is 0.0816. The molecule has 2 heteroatoms. The van der Waals surface area contributed by atoms with E-state index in [-0.39, 0.29) is 5.41 Å². The van der Waals surface area contributed by atoms with Gasteiger partial charge in [-0.05, 0) is 113 Å². The average molecular weight is 655 g/mol. The van der Waals surface area contributed by atoms with Crippen LogP contribution in [0.1, 0.15) is 26.3 Å². The highest BCUT2D eigenvalue weighted by Crippen LogP contribution is 2.47. The first kappa shape index (κ1) is 30.8. The van der Waals surface area contributed by atoms with E-state index in [1.807, 2.05) is 6.20 Å². The van der Waals surface area contributed by atoms with E-state index in [2.05, 4.69) is 196 Å². The van der Waals surface area contributed by atoms with E-state index in [4.69, 9.17) is 4.98 Å². The van der Waals surface area contributed by atoms with Gasteiger partial charge in [-0.15, -0.1) is 0 Å². The highest BCUT2D eigenvalue weighted by atomic mass is 15.2. The van der Waals surface area contributed by atoms with Gasteiger partial charge in [0.25, 0.3) is 0 Å². The van der Waals surface area contributed by atoms with Crippen LogP contribution >= 0.6 is 0 Å². The molecule has 0 atom stereocenters. The molecule has 9 rings (SSSR count). The van der Waals surface area contributed by atoms with E-state index in [0.717, 1.165) is 17.2 Å². The number of pyridine rings is 1. The Morgan fingerprint density at radius 3 is 1.53 bits per heavy atom. The van der Waals surface area contributed by atoms with Crippen LogP contribution in [0, 0.1) is 0 Å². The maximum absolute atomic E-state index is 4.97. The van der Waals surface area contributed by atoms with Crippen LogP contribution in [0.2, 0.25) is 0 Å². The van der Waals surface area contributed by atoms with Gasteiger partial charge < -0.3 is 0 Å². The lowest BCUT2D eigenvalue weighted by molar-refractivity contribution is 0.587. The van der Waals surface area contributed by atoms with E-state index in [1.54, 1.807) is 0 Å². The number of para-hydroxylation sites is 1. The standard InChI is InChI=1S/C49H38N2/c1-49(2,3)35-27-30-46(50-32-35)51(36-16-5-4-6-17-36)37-28-25-33(26-29-37)47-41-21-11-13-23-43(41)48(44-24-14-12-22-42(44)47)45-31-34-15-7-8-18-38(34)39-19-9-10-20-40(39)45/h4-32H,1-3H3. The fourth-order valence-electron chi connectivity index (χ4n) is 7.72. The highest BCUT2D eigenvalue weighted by Gasteiger charge is 2.21. The molecule has 0 aliphatic rings. The van der Waals surface area contributed by atoms with Gasteiger partial charge in [-0.25, -0.2) is 4.98 Å². The van der Waals surface area contributed by atoms with Crippen molar-refractivity contribution in [1.29, 1.82) is 0 Å². The zero-order valence-electron chi connectivity index (χ0n) is 29.1. The van der Waals surface area contributed by atoms with Gasteiger partial charge in [-0.3, -0.25) is 4.90 Å². The van der Waals surface area contributed by atoms with Crippen molar-refractivity contribution < 1.29 is 0 Å². The monoisotopic (exact) mass is 654 g/mol. The zero-order chi connectivity index (χ0) is 34.5. The molecule has 0 fully saturated rings. The van der Waals surface area contributed by atoms with Crippen molar-refractivity contribution in [1.82, 2.24) is 4.98 Å². The summed E-state index contributed by atoms with van der Waals surface area (Å²) in [7, 11) is 0. The van der Waals surface area contributed by atoms with Crippen molar-refractivity contribution in [2.75, 3.05) is 4.90 Å². The highest BCUT2D eigenvalue weighted by molar-refractivity contribution is 6.25. The number of aromatic nitrogens is 1. The molecule has 0 spiro atoms. The third-order valence-electron chi connectivity index (χ3n) is 10.2. The van der Waals surface area contributed by atoms with Crippen LogP contribution in [0.15, 0.2) is 176 Å². The molecule has 1 heterocycles. The predicted molar refractivity (Wildman–Crippen MR) is 219 cm³/mol. The molecule has 8 aromatic carbocycles. The lowest BCUT2D eigenvalue weighted by Gasteiger charge is -2.26. The van der Waals surface area contributed by atoms with E-state index >= 15 is 0 Å². The summed E-state index contributed by atoms with van der Waals surface area (Å²) in [6, 6.07) is 61.7. The lowest BCUT2D eigenvalue weighted by atomic mass is 9.84. The second-order valence-electron chi connectivity index (χ2n) is 14.4. The normalized spacial score (nSPS) is 11.8. The maximum atomic E-state index is 4.97. The SMILES string of the molecule is CC(C)(C)c1ccc(N(c2ccccc2)c2ccc(-c3c4ccccc4c(-c4cc5ccccc5c5ccccc45)c4ccccc34)cc2)nc1. The average Bonchev–Trinajstić information content (AvgIpc) is 3.17. The Labute approximate surface area is 299 Å². The lowest BCUT2D eigenvalue weighted by Crippen LogP contribution is -2.14. The molecule has 2 nitrogen and oxygen atoms in total. The Morgan fingerprint density at radius 2 is 0.941 bits per heavy atom. The van der Waals surface area contributed by atoms with Crippen LogP contribution in [0.25, 0.3) is 65.3 Å². The molecule has 0 amide bonds. The predicted octanol–water partition coefficient (Wildman–Crippen LogP) is 13.8. The summed E-state index contributed by atoms with van der Waals surface area (Å²) in [6.45, 7) is 6.67. The van der Waals surface area contributed by atoms with Crippen molar-refractivity contribution in [3.8, 4) is 22.3 Å². The summed E-state index contributed by atoms with van der Waals surface area (Å²) in [5, 5.41) is 10.1. The summed E-state index contributed by atoms with van der Waals surface area (Å²) in [6.07, 6.45) is 2.01. The van der Waals surface area contributed by atoms with E-state index < -0.39 is 0 Å². The molecule has 1 aromatic heterocycles. The van der Waals surface area contributed by atoms with Crippen LogP contribution < -0.4 is 4.90 Å². The van der Waals surface area contributed by atoms with Crippen LogP contribution in [-0.4, -0.2) is 4.98 Å². The minimum atomic E-state index is 0.0350. The van der Waals surface area contributed by atoms with Gasteiger partial charge in [0.05, 0.1) is 0 Å². The Balaban J connectivity index is 1.24. The molecule has 0 aliphatic heterocycles. The number of fused-ring (bicyclic) bond motifs is 5. The summed E-state index contributed by atoms with van der Waals surface area (Å²) in [5.41, 5.74) is 8.37. The largest absolute Gasteiger partial charge is 0.295 e. The van der Waals surface area contributed by atoms with Crippen molar-refractivity contribution >= 4 is 60.3 Å². The molecule has 244 valence electrons. The van der Waals surface area contributed by atoms with Gasteiger partial charge in [-0.1, -0.05) is 154 Å². The topological polar surface area (TPSA) is 16.1 Å². The van der Waals surface area contributed by atoms with Gasteiger partial charge >= 0.3 is 0 Å². The Kier molecular flexibility index (Phi) is 7.40. The van der Waals surface area contributed by atoms with Crippen molar-refractivity contribution in [3.63, 3.8) is 0 Å². The third kappa shape index (κ3) is 5.32. The Hall–Kier alpha value is -6.25. The van der Waals surface area contributed by atoms with Gasteiger partial charge in [0.15, 0.2) is 0 Å².